The molecule has 142 valence electrons. The fourth-order valence-electron chi connectivity index (χ4n) is 4.57. The van der Waals surface area contributed by atoms with Crippen LogP contribution in [0.25, 0.3) is 0 Å². The number of amides is 2. The molecule has 4 rings (SSSR count). The van der Waals surface area contributed by atoms with E-state index in [1.54, 1.807) is 6.07 Å². The highest BCUT2D eigenvalue weighted by molar-refractivity contribution is 5.78. The van der Waals surface area contributed by atoms with Gasteiger partial charge in [-0.2, -0.15) is 0 Å². The summed E-state index contributed by atoms with van der Waals surface area (Å²) < 4.78 is 10.9. The van der Waals surface area contributed by atoms with Gasteiger partial charge in [-0.1, -0.05) is 11.6 Å². The Bertz CT molecular complexity index is 672. The van der Waals surface area contributed by atoms with Crippen LogP contribution in [0, 0.1) is 6.92 Å². The number of carbonyl (C=O) groups excluding carboxylic acids is 2. The maximum Gasteiger partial charge on any atom is 0.410 e. The summed E-state index contributed by atoms with van der Waals surface area (Å²) in [5.74, 6) is 0.671. The van der Waals surface area contributed by atoms with Crippen LogP contribution in [-0.2, 0) is 16.0 Å². The summed E-state index contributed by atoms with van der Waals surface area (Å²) in [7, 11) is 0. The van der Waals surface area contributed by atoms with Crippen molar-refractivity contribution in [2.75, 3.05) is 19.6 Å². The molecule has 1 aliphatic carbocycles. The molecule has 3 fully saturated rings. The Labute approximate surface area is 153 Å². The lowest BCUT2D eigenvalue weighted by Gasteiger charge is -2.36. The van der Waals surface area contributed by atoms with Crippen LogP contribution in [-0.4, -0.2) is 58.2 Å². The molecule has 2 amide bonds. The van der Waals surface area contributed by atoms with Gasteiger partial charge in [0, 0.05) is 25.2 Å². The molecule has 0 atom stereocenters. The van der Waals surface area contributed by atoms with Crippen LogP contribution in [0.2, 0.25) is 0 Å². The topological polar surface area (TPSA) is 75.9 Å². The Morgan fingerprint density at radius 3 is 2.65 bits per heavy atom. The summed E-state index contributed by atoms with van der Waals surface area (Å²) >= 11 is 0. The zero-order chi connectivity index (χ0) is 18.1. The van der Waals surface area contributed by atoms with Crippen LogP contribution in [0.1, 0.15) is 56.4 Å². The highest BCUT2D eigenvalue weighted by atomic mass is 16.6. The SMILES string of the molecule is Cc1cc(CC(=O)N2CCC(N3CC4(CCCCC4)OC3=O)CC2)on1. The van der Waals surface area contributed by atoms with Crippen LogP contribution in [0.4, 0.5) is 4.79 Å². The van der Waals surface area contributed by atoms with Gasteiger partial charge in [0.1, 0.15) is 11.4 Å². The normalized spacial score (nSPS) is 23.5. The molecule has 0 radical (unpaired) electrons. The Morgan fingerprint density at radius 2 is 2.00 bits per heavy atom. The predicted molar refractivity (Wildman–Crippen MR) is 93.5 cm³/mol. The van der Waals surface area contributed by atoms with E-state index in [4.69, 9.17) is 9.26 Å². The molecule has 7 nitrogen and oxygen atoms in total. The lowest BCUT2D eigenvalue weighted by Crippen LogP contribution is -2.48. The third-order valence-electron chi connectivity index (χ3n) is 6.02. The van der Waals surface area contributed by atoms with Crippen molar-refractivity contribution >= 4 is 12.0 Å². The minimum atomic E-state index is -0.244. The number of hydrogen-bond acceptors (Lipinski definition) is 5. The number of aromatic nitrogens is 1. The number of nitrogens with zero attached hydrogens (tertiary/aromatic N) is 3. The van der Waals surface area contributed by atoms with Crippen molar-refractivity contribution in [1.82, 2.24) is 15.0 Å². The van der Waals surface area contributed by atoms with E-state index in [1.807, 2.05) is 16.7 Å². The van der Waals surface area contributed by atoms with Crippen molar-refractivity contribution in [2.45, 2.75) is 69.9 Å². The summed E-state index contributed by atoms with van der Waals surface area (Å²) in [4.78, 5) is 28.6. The quantitative estimate of drug-likeness (QED) is 0.827. The molecule has 1 aromatic heterocycles. The van der Waals surface area contributed by atoms with Gasteiger partial charge < -0.3 is 19.1 Å². The van der Waals surface area contributed by atoms with Crippen LogP contribution in [0.15, 0.2) is 10.6 Å². The van der Waals surface area contributed by atoms with Crippen molar-refractivity contribution in [2.24, 2.45) is 0 Å². The average molecular weight is 361 g/mol. The molecule has 1 spiro atoms. The lowest BCUT2D eigenvalue weighted by atomic mass is 9.84. The number of aryl methyl sites for hydroxylation is 1. The monoisotopic (exact) mass is 361 g/mol. The molecule has 3 aliphatic rings. The summed E-state index contributed by atoms with van der Waals surface area (Å²) in [5.41, 5.74) is 0.544. The van der Waals surface area contributed by atoms with Gasteiger partial charge in [0.05, 0.1) is 18.7 Å². The number of hydrogen-bond donors (Lipinski definition) is 0. The molecule has 0 unspecified atom stereocenters. The maximum absolute atomic E-state index is 12.4. The fraction of sp³-hybridized carbons (Fsp3) is 0.737. The van der Waals surface area contributed by atoms with Gasteiger partial charge in [-0.05, 0) is 45.4 Å². The van der Waals surface area contributed by atoms with E-state index in [-0.39, 0.29) is 30.1 Å². The molecular formula is C19H27N3O4. The van der Waals surface area contributed by atoms with Gasteiger partial charge in [-0.15, -0.1) is 0 Å². The number of piperidine rings is 1. The van der Waals surface area contributed by atoms with Crippen molar-refractivity contribution in [1.29, 1.82) is 0 Å². The first-order chi connectivity index (χ1) is 12.5. The number of carbonyl (C=O) groups is 2. The molecule has 0 aromatic carbocycles. The predicted octanol–water partition coefficient (Wildman–Crippen LogP) is 2.67. The van der Waals surface area contributed by atoms with Gasteiger partial charge in [-0.25, -0.2) is 4.79 Å². The van der Waals surface area contributed by atoms with E-state index < -0.39 is 0 Å². The van der Waals surface area contributed by atoms with E-state index in [0.29, 0.717) is 18.8 Å². The second-order valence-electron chi connectivity index (χ2n) is 7.96. The zero-order valence-electron chi connectivity index (χ0n) is 15.4. The van der Waals surface area contributed by atoms with Gasteiger partial charge in [-0.3, -0.25) is 4.79 Å². The van der Waals surface area contributed by atoms with Crippen molar-refractivity contribution in [3.63, 3.8) is 0 Å². The smallest absolute Gasteiger partial charge is 0.410 e. The second-order valence-corrected chi connectivity index (χ2v) is 7.96. The third-order valence-corrected chi connectivity index (χ3v) is 6.02. The van der Waals surface area contributed by atoms with Crippen molar-refractivity contribution < 1.29 is 18.8 Å². The standard InChI is InChI=1S/C19H27N3O4/c1-14-11-16(26-20-14)12-17(23)21-9-5-15(6-10-21)22-13-19(25-18(22)24)7-3-2-4-8-19/h11,15H,2-10,12-13H2,1H3. The Hall–Kier alpha value is -2.05. The summed E-state index contributed by atoms with van der Waals surface area (Å²) in [5, 5.41) is 3.83. The lowest BCUT2D eigenvalue weighted by molar-refractivity contribution is -0.132. The molecule has 0 N–H and O–H groups in total. The highest BCUT2D eigenvalue weighted by Crippen LogP contribution is 2.38. The minimum Gasteiger partial charge on any atom is -0.441 e. The van der Waals surface area contributed by atoms with E-state index in [2.05, 4.69) is 5.16 Å². The molecule has 2 saturated heterocycles. The maximum atomic E-state index is 12.4. The minimum absolute atomic E-state index is 0.0624. The Kier molecular flexibility index (Phi) is 4.63. The van der Waals surface area contributed by atoms with Gasteiger partial charge in [0.2, 0.25) is 5.91 Å². The zero-order valence-corrected chi connectivity index (χ0v) is 15.4. The molecule has 7 heteroatoms. The highest BCUT2D eigenvalue weighted by Gasteiger charge is 2.48. The molecule has 1 saturated carbocycles. The van der Waals surface area contributed by atoms with Crippen LogP contribution in [0.3, 0.4) is 0 Å². The molecule has 0 bridgehead atoms. The summed E-state index contributed by atoms with van der Waals surface area (Å²) in [6.45, 7) is 3.92. The van der Waals surface area contributed by atoms with E-state index in [0.717, 1.165) is 50.8 Å². The van der Waals surface area contributed by atoms with Crippen molar-refractivity contribution in [3.05, 3.63) is 17.5 Å². The Morgan fingerprint density at radius 1 is 1.27 bits per heavy atom. The molecular weight excluding hydrogens is 334 g/mol. The van der Waals surface area contributed by atoms with Crippen LogP contribution >= 0.6 is 0 Å². The van der Waals surface area contributed by atoms with Gasteiger partial charge >= 0.3 is 6.09 Å². The number of likely N-dealkylation sites (tertiary alicyclic amines) is 1. The summed E-state index contributed by atoms with van der Waals surface area (Å²) in [6, 6.07) is 1.98. The Balaban J connectivity index is 1.30. The molecule has 2 aliphatic heterocycles. The van der Waals surface area contributed by atoms with Gasteiger partial charge in [0.15, 0.2) is 0 Å². The first-order valence-corrected chi connectivity index (χ1v) is 9.74. The van der Waals surface area contributed by atoms with E-state index >= 15 is 0 Å². The number of ether oxygens (including phenoxy) is 1. The largest absolute Gasteiger partial charge is 0.441 e. The second kappa shape index (κ2) is 6.93. The van der Waals surface area contributed by atoms with Crippen LogP contribution < -0.4 is 0 Å². The average Bonchev–Trinajstić information content (AvgIpc) is 3.19. The van der Waals surface area contributed by atoms with Crippen LogP contribution in [0.5, 0.6) is 0 Å². The molecule has 1 aromatic rings. The third kappa shape index (κ3) is 3.44. The van der Waals surface area contributed by atoms with Crippen molar-refractivity contribution in [3.8, 4) is 0 Å². The van der Waals surface area contributed by atoms with Gasteiger partial charge in [0.25, 0.3) is 0 Å². The molecule has 3 heterocycles. The molecule has 26 heavy (non-hydrogen) atoms. The van der Waals surface area contributed by atoms with E-state index in [9.17, 15) is 9.59 Å². The first kappa shape index (κ1) is 17.4. The first-order valence-electron chi connectivity index (χ1n) is 9.74. The van der Waals surface area contributed by atoms with E-state index in [1.165, 1.54) is 6.42 Å². The number of rotatable bonds is 3. The fourth-order valence-corrected chi connectivity index (χ4v) is 4.57. The summed E-state index contributed by atoms with van der Waals surface area (Å²) in [6.07, 6.45) is 7.23.